The summed E-state index contributed by atoms with van der Waals surface area (Å²) in [6, 6.07) is 7.97. The fraction of sp³-hybridized carbons (Fsp3) is 0.429. The minimum atomic E-state index is -0.238. The molecule has 0 N–H and O–H groups in total. The van der Waals surface area contributed by atoms with E-state index in [1.807, 2.05) is 38.1 Å². The smallest absolute Gasteiger partial charge is 0.119 e. The van der Waals surface area contributed by atoms with Crippen LogP contribution in [0, 0.1) is 5.92 Å². The van der Waals surface area contributed by atoms with E-state index in [0.717, 1.165) is 12.2 Å². The van der Waals surface area contributed by atoms with Gasteiger partial charge in [-0.3, -0.25) is 0 Å². The highest BCUT2D eigenvalue weighted by Crippen LogP contribution is 2.18. The summed E-state index contributed by atoms with van der Waals surface area (Å²) in [5.41, 5.74) is 1.21. The summed E-state index contributed by atoms with van der Waals surface area (Å²) < 4.78 is 18.0. The average Bonchev–Trinajstić information content (AvgIpc) is 2.20. The van der Waals surface area contributed by atoms with Gasteiger partial charge in [0.15, 0.2) is 0 Å². The minimum absolute atomic E-state index is 0.238. The van der Waals surface area contributed by atoms with Crippen molar-refractivity contribution in [2.45, 2.75) is 26.7 Å². The van der Waals surface area contributed by atoms with Crippen LogP contribution in [0.3, 0.4) is 0 Å². The lowest BCUT2D eigenvalue weighted by atomic mass is 9.98. The van der Waals surface area contributed by atoms with Crippen molar-refractivity contribution in [2.24, 2.45) is 5.92 Å². The largest absolute Gasteiger partial charge is 0.494 e. The molecule has 0 bridgehead atoms. The second kappa shape index (κ2) is 6.31. The van der Waals surface area contributed by atoms with Gasteiger partial charge in [0, 0.05) is 6.42 Å². The van der Waals surface area contributed by atoms with E-state index in [9.17, 15) is 4.39 Å². The van der Waals surface area contributed by atoms with Crippen molar-refractivity contribution in [3.05, 3.63) is 42.2 Å². The Labute approximate surface area is 96.9 Å². The van der Waals surface area contributed by atoms with Crippen LogP contribution < -0.4 is 4.74 Å². The molecule has 88 valence electrons. The molecule has 0 aliphatic rings. The van der Waals surface area contributed by atoms with Gasteiger partial charge < -0.3 is 4.74 Å². The zero-order chi connectivity index (χ0) is 12.0. The molecule has 0 radical (unpaired) electrons. The third-order valence-corrected chi connectivity index (χ3v) is 2.39. The predicted molar refractivity (Wildman–Crippen MR) is 65.3 cm³/mol. The van der Waals surface area contributed by atoms with Gasteiger partial charge in [0.1, 0.15) is 5.75 Å². The van der Waals surface area contributed by atoms with Crippen LogP contribution in [0.15, 0.2) is 36.7 Å². The first kappa shape index (κ1) is 12.8. The average molecular weight is 222 g/mol. The van der Waals surface area contributed by atoms with Crippen molar-refractivity contribution in [3.63, 3.8) is 0 Å². The van der Waals surface area contributed by atoms with Crippen molar-refractivity contribution in [3.8, 4) is 5.75 Å². The van der Waals surface area contributed by atoms with Crippen LogP contribution in [0.5, 0.6) is 5.75 Å². The Balaban J connectivity index is 2.51. The molecule has 0 saturated heterocycles. The van der Waals surface area contributed by atoms with E-state index >= 15 is 0 Å². The molecule has 0 aliphatic heterocycles. The molecule has 16 heavy (non-hydrogen) atoms. The van der Waals surface area contributed by atoms with Crippen molar-refractivity contribution in [1.82, 2.24) is 0 Å². The lowest BCUT2D eigenvalue weighted by Gasteiger charge is -2.10. The second-order valence-electron chi connectivity index (χ2n) is 4.11. The van der Waals surface area contributed by atoms with Gasteiger partial charge in [0.25, 0.3) is 0 Å². The molecule has 1 atom stereocenters. The molecule has 1 rings (SSSR count). The van der Waals surface area contributed by atoms with Crippen molar-refractivity contribution in [1.29, 1.82) is 0 Å². The molecular formula is C14H19FO. The lowest BCUT2D eigenvalue weighted by molar-refractivity contribution is 0.340. The number of allylic oxidation sites excluding steroid dienone is 1. The molecule has 1 aromatic rings. The summed E-state index contributed by atoms with van der Waals surface area (Å²) in [5.74, 6) is 0.933. The monoisotopic (exact) mass is 222 g/mol. The molecule has 2 heteroatoms. The third-order valence-electron chi connectivity index (χ3n) is 2.39. The zero-order valence-corrected chi connectivity index (χ0v) is 10.0. The lowest BCUT2D eigenvalue weighted by Crippen LogP contribution is -2.00. The highest BCUT2D eigenvalue weighted by molar-refractivity contribution is 5.27. The molecule has 1 aromatic carbocycles. The van der Waals surface area contributed by atoms with Gasteiger partial charge in [-0.1, -0.05) is 25.6 Å². The Morgan fingerprint density at radius 1 is 1.38 bits per heavy atom. The Kier molecular flexibility index (Phi) is 5.03. The van der Waals surface area contributed by atoms with Gasteiger partial charge >= 0.3 is 0 Å². The molecule has 0 saturated carbocycles. The second-order valence-corrected chi connectivity index (χ2v) is 4.11. The van der Waals surface area contributed by atoms with Gasteiger partial charge in [0.2, 0.25) is 0 Å². The van der Waals surface area contributed by atoms with E-state index in [2.05, 4.69) is 6.58 Å². The summed E-state index contributed by atoms with van der Waals surface area (Å²) in [5, 5.41) is 0. The SMILES string of the molecule is C=C(F)CC(C)Cc1ccc(OCC)cc1. The zero-order valence-electron chi connectivity index (χ0n) is 10.0. The normalized spacial score (nSPS) is 12.2. The fourth-order valence-electron chi connectivity index (χ4n) is 1.74. The molecule has 1 nitrogen and oxygen atoms in total. The number of ether oxygens (including phenoxy) is 1. The van der Waals surface area contributed by atoms with E-state index in [4.69, 9.17) is 4.74 Å². The van der Waals surface area contributed by atoms with E-state index < -0.39 is 0 Å². The van der Waals surface area contributed by atoms with Crippen LogP contribution in [-0.4, -0.2) is 6.61 Å². The molecule has 0 fully saturated rings. The first-order valence-electron chi connectivity index (χ1n) is 5.66. The fourth-order valence-corrected chi connectivity index (χ4v) is 1.74. The maximum Gasteiger partial charge on any atom is 0.119 e. The number of rotatable bonds is 6. The van der Waals surface area contributed by atoms with Gasteiger partial charge in [0.05, 0.1) is 12.4 Å². The summed E-state index contributed by atoms with van der Waals surface area (Å²) in [7, 11) is 0. The highest BCUT2D eigenvalue weighted by atomic mass is 19.1. The molecule has 0 heterocycles. The third kappa shape index (κ3) is 4.47. The van der Waals surface area contributed by atoms with E-state index in [1.165, 1.54) is 5.56 Å². The Bertz CT molecular complexity index is 329. The molecule has 1 unspecified atom stereocenters. The Morgan fingerprint density at radius 2 is 2.00 bits per heavy atom. The molecule has 0 amide bonds. The highest BCUT2D eigenvalue weighted by Gasteiger charge is 2.05. The number of hydrogen-bond donors (Lipinski definition) is 0. The Hall–Kier alpha value is -1.31. The van der Waals surface area contributed by atoms with Crippen LogP contribution in [0.25, 0.3) is 0 Å². The van der Waals surface area contributed by atoms with Crippen LogP contribution in [0.1, 0.15) is 25.8 Å². The van der Waals surface area contributed by atoms with Gasteiger partial charge in [-0.25, -0.2) is 4.39 Å². The van der Waals surface area contributed by atoms with Crippen molar-refractivity contribution < 1.29 is 9.13 Å². The van der Waals surface area contributed by atoms with Crippen molar-refractivity contribution >= 4 is 0 Å². The molecule has 0 aliphatic carbocycles. The number of benzene rings is 1. The van der Waals surface area contributed by atoms with Gasteiger partial charge in [-0.05, 0) is 37.0 Å². The van der Waals surface area contributed by atoms with Gasteiger partial charge in [-0.2, -0.15) is 0 Å². The van der Waals surface area contributed by atoms with Crippen molar-refractivity contribution in [2.75, 3.05) is 6.61 Å². The van der Waals surface area contributed by atoms with Crippen LogP contribution in [0.2, 0.25) is 0 Å². The summed E-state index contributed by atoms with van der Waals surface area (Å²) >= 11 is 0. The molecular weight excluding hydrogens is 203 g/mol. The van der Waals surface area contributed by atoms with E-state index in [0.29, 0.717) is 13.0 Å². The van der Waals surface area contributed by atoms with Crippen LogP contribution in [0.4, 0.5) is 4.39 Å². The van der Waals surface area contributed by atoms with Crippen LogP contribution in [-0.2, 0) is 6.42 Å². The number of hydrogen-bond acceptors (Lipinski definition) is 1. The molecule has 0 aromatic heterocycles. The molecule has 0 spiro atoms. The first-order valence-corrected chi connectivity index (χ1v) is 5.66. The Morgan fingerprint density at radius 3 is 2.50 bits per heavy atom. The topological polar surface area (TPSA) is 9.23 Å². The summed E-state index contributed by atoms with van der Waals surface area (Å²) in [6.45, 7) is 7.96. The van der Waals surface area contributed by atoms with E-state index in [-0.39, 0.29) is 11.7 Å². The van der Waals surface area contributed by atoms with Crippen LogP contribution >= 0.6 is 0 Å². The van der Waals surface area contributed by atoms with Gasteiger partial charge in [-0.15, -0.1) is 0 Å². The minimum Gasteiger partial charge on any atom is -0.494 e. The number of halogens is 1. The summed E-state index contributed by atoms with van der Waals surface area (Å²) in [4.78, 5) is 0. The quantitative estimate of drug-likeness (QED) is 0.703. The summed E-state index contributed by atoms with van der Waals surface area (Å²) in [6.07, 6.45) is 1.31. The first-order chi connectivity index (χ1) is 7.61. The standard InChI is InChI=1S/C14H19FO/c1-4-16-14-7-5-13(6-8-14)10-11(2)9-12(3)15/h5-8,11H,3-4,9-10H2,1-2H3. The predicted octanol–water partition coefficient (Wildman–Crippen LogP) is 4.14. The maximum absolute atomic E-state index is 12.6. The maximum atomic E-state index is 12.6. The van der Waals surface area contributed by atoms with E-state index in [1.54, 1.807) is 0 Å².